The summed E-state index contributed by atoms with van der Waals surface area (Å²) in [6.45, 7) is 0. The van der Waals surface area contributed by atoms with Crippen LogP contribution in [0.1, 0.15) is 0 Å². The number of anilines is 1. The van der Waals surface area contributed by atoms with Crippen molar-refractivity contribution in [3.8, 4) is 11.1 Å². The van der Waals surface area contributed by atoms with Crippen molar-refractivity contribution < 1.29 is 17.2 Å². The van der Waals surface area contributed by atoms with E-state index in [0.29, 0.717) is 0 Å². The monoisotopic (exact) mass is 346 g/mol. The molecule has 0 fully saturated rings. The van der Waals surface area contributed by atoms with E-state index in [9.17, 15) is 17.2 Å². The van der Waals surface area contributed by atoms with Gasteiger partial charge in [-0.25, -0.2) is 17.2 Å². The number of nitrogens with one attached hydrogen (secondary N) is 1. The average Bonchev–Trinajstić information content (AvgIpc) is 2.59. The number of halogens is 2. The Morgan fingerprint density at radius 1 is 0.833 bits per heavy atom. The Hall–Kier alpha value is -2.80. The summed E-state index contributed by atoms with van der Waals surface area (Å²) in [6, 6.07) is 12.2. The lowest BCUT2D eigenvalue weighted by Crippen LogP contribution is -2.14. The standard InChI is InChI=1S/C17H12F2N2O2S/c18-14-3-6-16(19)17(11-14)21-24(22,23)15-4-1-12(2-5-15)13-7-9-20-10-8-13/h1-11,21H. The summed E-state index contributed by atoms with van der Waals surface area (Å²) in [4.78, 5) is 3.87. The number of benzene rings is 2. The molecule has 0 saturated carbocycles. The second kappa shape index (κ2) is 6.37. The van der Waals surface area contributed by atoms with Crippen molar-refractivity contribution in [2.45, 2.75) is 4.90 Å². The molecule has 2 aromatic carbocycles. The molecule has 4 nitrogen and oxygen atoms in total. The van der Waals surface area contributed by atoms with Gasteiger partial charge in [0.1, 0.15) is 11.6 Å². The van der Waals surface area contributed by atoms with Crippen LogP contribution >= 0.6 is 0 Å². The van der Waals surface area contributed by atoms with Gasteiger partial charge in [-0.2, -0.15) is 0 Å². The Kier molecular flexibility index (Phi) is 4.26. The summed E-state index contributed by atoms with van der Waals surface area (Å²) in [5.74, 6) is -1.59. The van der Waals surface area contributed by atoms with Crippen molar-refractivity contribution in [2.75, 3.05) is 4.72 Å². The summed E-state index contributed by atoms with van der Waals surface area (Å²) in [7, 11) is -4.02. The van der Waals surface area contributed by atoms with E-state index in [0.717, 1.165) is 29.3 Å². The highest BCUT2D eigenvalue weighted by atomic mass is 32.2. The second-order valence-corrected chi connectivity index (χ2v) is 6.67. The van der Waals surface area contributed by atoms with E-state index < -0.39 is 27.3 Å². The third-order valence-electron chi connectivity index (χ3n) is 3.35. The molecule has 24 heavy (non-hydrogen) atoms. The second-order valence-electron chi connectivity index (χ2n) is 4.99. The highest BCUT2D eigenvalue weighted by Gasteiger charge is 2.17. The van der Waals surface area contributed by atoms with Gasteiger partial charge in [-0.05, 0) is 47.5 Å². The lowest BCUT2D eigenvalue weighted by atomic mass is 10.1. The number of hydrogen-bond donors (Lipinski definition) is 1. The SMILES string of the molecule is O=S(=O)(Nc1cc(F)ccc1F)c1ccc(-c2ccncc2)cc1. The Balaban J connectivity index is 1.89. The molecule has 0 radical (unpaired) electrons. The van der Waals surface area contributed by atoms with E-state index in [-0.39, 0.29) is 4.90 Å². The maximum absolute atomic E-state index is 13.6. The molecular formula is C17H12F2N2O2S. The van der Waals surface area contributed by atoms with Gasteiger partial charge < -0.3 is 0 Å². The molecule has 1 N–H and O–H groups in total. The van der Waals surface area contributed by atoms with Gasteiger partial charge in [0, 0.05) is 18.5 Å². The minimum atomic E-state index is -4.02. The molecule has 0 unspecified atom stereocenters. The van der Waals surface area contributed by atoms with Crippen LogP contribution in [0.5, 0.6) is 0 Å². The van der Waals surface area contributed by atoms with E-state index in [4.69, 9.17) is 0 Å². The van der Waals surface area contributed by atoms with Gasteiger partial charge in [0.05, 0.1) is 10.6 Å². The molecule has 0 saturated heterocycles. The van der Waals surface area contributed by atoms with E-state index in [1.165, 1.54) is 12.1 Å². The van der Waals surface area contributed by atoms with Crippen molar-refractivity contribution in [1.29, 1.82) is 0 Å². The predicted octanol–water partition coefficient (Wildman–Crippen LogP) is 3.83. The van der Waals surface area contributed by atoms with Crippen molar-refractivity contribution in [3.05, 3.63) is 78.6 Å². The van der Waals surface area contributed by atoms with Crippen LogP contribution in [0.3, 0.4) is 0 Å². The Morgan fingerprint density at radius 2 is 1.46 bits per heavy atom. The van der Waals surface area contributed by atoms with Gasteiger partial charge in [-0.15, -0.1) is 0 Å². The minimum Gasteiger partial charge on any atom is -0.277 e. The summed E-state index contributed by atoms with van der Waals surface area (Å²) in [5.41, 5.74) is 1.26. The number of pyridine rings is 1. The molecule has 3 rings (SSSR count). The average molecular weight is 346 g/mol. The number of hydrogen-bond acceptors (Lipinski definition) is 3. The zero-order valence-electron chi connectivity index (χ0n) is 12.3. The third-order valence-corrected chi connectivity index (χ3v) is 4.73. The van der Waals surface area contributed by atoms with Crippen LogP contribution in [0, 0.1) is 11.6 Å². The van der Waals surface area contributed by atoms with Crippen LogP contribution in [0.4, 0.5) is 14.5 Å². The zero-order chi connectivity index (χ0) is 17.2. The first-order valence-corrected chi connectivity index (χ1v) is 8.42. The normalized spacial score (nSPS) is 11.2. The van der Waals surface area contributed by atoms with Crippen LogP contribution in [0.15, 0.2) is 71.9 Å². The first-order valence-electron chi connectivity index (χ1n) is 6.94. The van der Waals surface area contributed by atoms with Crippen LogP contribution in [0.2, 0.25) is 0 Å². The van der Waals surface area contributed by atoms with Crippen LogP contribution < -0.4 is 4.72 Å². The van der Waals surface area contributed by atoms with Crippen molar-refractivity contribution in [1.82, 2.24) is 4.98 Å². The fourth-order valence-corrected chi connectivity index (χ4v) is 3.21. The van der Waals surface area contributed by atoms with E-state index in [1.54, 1.807) is 36.7 Å². The highest BCUT2D eigenvalue weighted by Crippen LogP contribution is 2.23. The van der Waals surface area contributed by atoms with Crippen molar-refractivity contribution in [3.63, 3.8) is 0 Å². The molecule has 122 valence electrons. The van der Waals surface area contributed by atoms with Gasteiger partial charge in [-0.1, -0.05) is 12.1 Å². The molecular weight excluding hydrogens is 334 g/mol. The fraction of sp³-hybridized carbons (Fsp3) is 0. The maximum Gasteiger partial charge on any atom is 0.261 e. The van der Waals surface area contributed by atoms with Gasteiger partial charge in [0.2, 0.25) is 0 Å². The van der Waals surface area contributed by atoms with Crippen molar-refractivity contribution >= 4 is 15.7 Å². The largest absolute Gasteiger partial charge is 0.277 e. The van der Waals surface area contributed by atoms with Crippen LogP contribution in [-0.2, 0) is 10.0 Å². The van der Waals surface area contributed by atoms with Gasteiger partial charge in [-0.3, -0.25) is 9.71 Å². The molecule has 0 aliphatic heterocycles. The number of nitrogens with zero attached hydrogens (tertiary/aromatic N) is 1. The van der Waals surface area contributed by atoms with E-state index in [2.05, 4.69) is 9.71 Å². The first-order chi connectivity index (χ1) is 11.5. The van der Waals surface area contributed by atoms with Crippen LogP contribution in [0.25, 0.3) is 11.1 Å². The quantitative estimate of drug-likeness (QED) is 0.781. The summed E-state index contributed by atoms with van der Waals surface area (Å²) >= 11 is 0. The van der Waals surface area contributed by atoms with E-state index >= 15 is 0 Å². The van der Waals surface area contributed by atoms with Gasteiger partial charge >= 0.3 is 0 Å². The third kappa shape index (κ3) is 3.41. The molecule has 0 aliphatic carbocycles. The van der Waals surface area contributed by atoms with Gasteiger partial charge in [0.15, 0.2) is 0 Å². The summed E-state index contributed by atoms with van der Waals surface area (Å²) in [6.07, 6.45) is 3.27. The Bertz CT molecular complexity index is 960. The fourth-order valence-electron chi connectivity index (χ4n) is 2.15. The number of sulfonamides is 1. The first kappa shape index (κ1) is 16.1. The van der Waals surface area contributed by atoms with Gasteiger partial charge in [0.25, 0.3) is 10.0 Å². The molecule has 0 amide bonds. The Labute approximate surface area is 137 Å². The summed E-state index contributed by atoms with van der Waals surface area (Å²) < 4.78 is 53.4. The molecule has 1 aromatic heterocycles. The molecule has 0 atom stereocenters. The molecule has 0 bridgehead atoms. The van der Waals surface area contributed by atoms with E-state index in [1.807, 2.05) is 0 Å². The molecule has 7 heteroatoms. The Morgan fingerprint density at radius 3 is 2.12 bits per heavy atom. The summed E-state index contributed by atoms with van der Waals surface area (Å²) in [5, 5.41) is 0. The maximum atomic E-state index is 13.6. The van der Waals surface area contributed by atoms with Crippen LogP contribution in [-0.4, -0.2) is 13.4 Å². The topological polar surface area (TPSA) is 59.1 Å². The predicted molar refractivity (Wildman–Crippen MR) is 86.8 cm³/mol. The zero-order valence-corrected chi connectivity index (χ0v) is 13.1. The molecule has 0 aliphatic rings. The highest BCUT2D eigenvalue weighted by molar-refractivity contribution is 7.92. The smallest absolute Gasteiger partial charge is 0.261 e. The lowest BCUT2D eigenvalue weighted by molar-refractivity contribution is 0.594. The van der Waals surface area contributed by atoms with Crippen molar-refractivity contribution in [2.24, 2.45) is 0 Å². The molecule has 1 heterocycles. The number of aromatic nitrogens is 1. The lowest BCUT2D eigenvalue weighted by Gasteiger charge is -2.10. The number of rotatable bonds is 4. The minimum absolute atomic E-state index is 0.0519. The molecule has 0 spiro atoms. The molecule has 3 aromatic rings.